The highest BCUT2D eigenvalue weighted by Gasteiger charge is 2.08. The first kappa shape index (κ1) is 10.5. The van der Waals surface area contributed by atoms with Gasteiger partial charge in [0.2, 0.25) is 0 Å². The van der Waals surface area contributed by atoms with Gasteiger partial charge in [-0.05, 0) is 23.6 Å². The Hall–Kier alpha value is -0.620. The molecule has 0 aliphatic carbocycles. The van der Waals surface area contributed by atoms with Crippen LogP contribution in [0.3, 0.4) is 0 Å². The molecular weight excluding hydrogens is 188 g/mol. The smallest absolute Gasteiger partial charge is 0.177 e. The lowest BCUT2D eigenvalue weighted by molar-refractivity contribution is 0.169. The molecule has 0 fully saturated rings. The molecule has 1 unspecified atom stereocenters. The van der Waals surface area contributed by atoms with Gasteiger partial charge in [0.1, 0.15) is 0 Å². The predicted octanol–water partition coefficient (Wildman–Crippen LogP) is -0.133. The van der Waals surface area contributed by atoms with Crippen LogP contribution in [-0.2, 0) is 13.5 Å². The number of aliphatic hydroxyl groups is 1. The average molecular weight is 202 g/mol. The Morgan fingerprint density at radius 2 is 2.38 bits per heavy atom. The Kier molecular flexibility index (Phi) is 4.17. The summed E-state index contributed by atoms with van der Waals surface area (Å²) in [5, 5.41) is 21.0. The van der Waals surface area contributed by atoms with Crippen LogP contribution >= 0.6 is 11.8 Å². The predicted molar refractivity (Wildman–Crippen MR) is 51.5 cm³/mol. The lowest BCUT2D eigenvalue weighted by atomic mass is 10.2. The van der Waals surface area contributed by atoms with Crippen LogP contribution in [0.15, 0.2) is 0 Å². The van der Waals surface area contributed by atoms with E-state index in [2.05, 4.69) is 15.4 Å². The second-order valence-electron chi connectivity index (χ2n) is 2.83. The fourth-order valence-electron chi connectivity index (χ4n) is 0.972. The topological polar surface area (TPSA) is 63.8 Å². The Balaban J connectivity index is 2.31. The molecule has 0 amide bonds. The minimum absolute atomic E-state index is 0.350. The van der Waals surface area contributed by atoms with Crippen molar-refractivity contribution in [3.63, 3.8) is 0 Å². The van der Waals surface area contributed by atoms with Crippen LogP contribution in [-0.4, -0.2) is 43.4 Å². The molecule has 0 radical (unpaired) electrons. The second-order valence-corrected chi connectivity index (χ2v) is 3.82. The Morgan fingerprint density at radius 1 is 1.62 bits per heavy atom. The maximum absolute atomic E-state index is 9.51. The van der Waals surface area contributed by atoms with Crippen LogP contribution in [0.4, 0.5) is 0 Å². The van der Waals surface area contributed by atoms with Crippen molar-refractivity contribution in [2.45, 2.75) is 18.9 Å². The highest BCUT2D eigenvalue weighted by molar-refractivity contribution is 7.98. The van der Waals surface area contributed by atoms with Crippen molar-refractivity contribution >= 4 is 11.8 Å². The van der Waals surface area contributed by atoms with Crippen molar-refractivity contribution in [1.82, 2.24) is 20.2 Å². The van der Waals surface area contributed by atoms with Gasteiger partial charge >= 0.3 is 0 Å². The molecule has 1 atom stereocenters. The lowest BCUT2D eigenvalue weighted by Gasteiger charge is -2.05. The van der Waals surface area contributed by atoms with Gasteiger partial charge in [-0.15, -0.1) is 10.2 Å². The van der Waals surface area contributed by atoms with E-state index >= 15 is 0 Å². The molecule has 6 heteroatoms. The Bertz CT molecular complexity index is 252. The van der Waals surface area contributed by atoms with Crippen molar-refractivity contribution in [3.8, 4) is 0 Å². The fraction of sp³-hybridized carbons (Fsp3) is 0.857. The standard InChI is InChI=1S/C7H14N4OS/c1-11-9-7(8-10-11)5-6(12)3-4-13-2/h6,12H,3-5H2,1-2H3. The number of aryl methyl sites for hydroxylation is 1. The molecule has 74 valence electrons. The third kappa shape index (κ3) is 3.73. The number of hydrogen-bond acceptors (Lipinski definition) is 5. The number of hydrogen-bond donors (Lipinski definition) is 1. The van der Waals surface area contributed by atoms with E-state index in [4.69, 9.17) is 0 Å². The van der Waals surface area contributed by atoms with E-state index in [-0.39, 0.29) is 6.10 Å². The van der Waals surface area contributed by atoms with Crippen LogP contribution in [0, 0.1) is 0 Å². The maximum atomic E-state index is 9.51. The number of aromatic nitrogens is 4. The van der Waals surface area contributed by atoms with Crippen molar-refractivity contribution in [2.24, 2.45) is 7.05 Å². The van der Waals surface area contributed by atoms with E-state index < -0.39 is 0 Å². The third-order valence-electron chi connectivity index (χ3n) is 1.62. The summed E-state index contributed by atoms with van der Waals surface area (Å²) < 4.78 is 0. The van der Waals surface area contributed by atoms with Crippen LogP contribution < -0.4 is 0 Å². The summed E-state index contributed by atoms with van der Waals surface area (Å²) >= 11 is 1.72. The zero-order valence-corrected chi connectivity index (χ0v) is 8.66. The van der Waals surface area contributed by atoms with Crippen molar-refractivity contribution in [1.29, 1.82) is 0 Å². The Labute approximate surface area is 81.5 Å². The van der Waals surface area contributed by atoms with E-state index in [9.17, 15) is 5.11 Å². The third-order valence-corrected chi connectivity index (χ3v) is 2.27. The zero-order chi connectivity index (χ0) is 9.68. The molecule has 0 saturated carbocycles. The number of rotatable bonds is 5. The van der Waals surface area contributed by atoms with E-state index in [0.717, 1.165) is 12.2 Å². The van der Waals surface area contributed by atoms with Gasteiger partial charge in [-0.2, -0.15) is 16.6 Å². The van der Waals surface area contributed by atoms with E-state index in [1.807, 2.05) is 6.26 Å². The highest BCUT2D eigenvalue weighted by atomic mass is 32.2. The molecule has 13 heavy (non-hydrogen) atoms. The maximum Gasteiger partial charge on any atom is 0.177 e. The van der Waals surface area contributed by atoms with Crippen LogP contribution in [0.25, 0.3) is 0 Å². The molecule has 0 bridgehead atoms. The van der Waals surface area contributed by atoms with Crippen LogP contribution in [0.1, 0.15) is 12.2 Å². The highest BCUT2D eigenvalue weighted by Crippen LogP contribution is 2.03. The number of aliphatic hydroxyl groups excluding tert-OH is 1. The molecule has 0 spiro atoms. The summed E-state index contributed by atoms with van der Waals surface area (Å²) in [6, 6.07) is 0. The summed E-state index contributed by atoms with van der Waals surface area (Å²) in [6.07, 6.45) is 2.94. The first-order valence-corrected chi connectivity index (χ1v) is 5.51. The molecule has 0 saturated heterocycles. The van der Waals surface area contributed by atoms with Crippen molar-refractivity contribution < 1.29 is 5.11 Å². The van der Waals surface area contributed by atoms with E-state index in [1.165, 1.54) is 4.80 Å². The summed E-state index contributed by atoms with van der Waals surface area (Å²) in [7, 11) is 1.71. The average Bonchev–Trinajstić information content (AvgIpc) is 2.48. The van der Waals surface area contributed by atoms with Gasteiger partial charge in [0.05, 0.1) is 13.2 Å². The molecule has 1 aromatic rings. The molecule has 5 nitrogen and oxygen atoms in total. The van der Waals surface area contributed by atoms with E-state index in [0.29, 0.717) is 12.2 Å². The van der Waals surface area contributed by atoms with Gasteiger partial charge in [0.25, 0.3) is 0 Å². The number of nitrogens with zero attached hydrogens (tertiary/aromatic N) is 4. The van der Waals surface area contributed by atoms with Gasteiger partial charge < -0.3 is 5.11 Å². The van der Waals surface area contributed by atoms with Gasteiger partial charge in [-0.25, -0.2) is 0 Å². The van der Waals surface area contributed by atoms with Crippen molar-refractivity contribution in [3.05, 3.63) is 5.82 Å². The largest absolute Gasteiger partial charge is 0.393 e. The normalized spacial score (nSPS) is 13.2. The number of thioether (sulfide) groups is 1. The minimum atomic E-state index is -0.350. The molecule has 0 aromatic carbocycles. The fourth-order valence-corrected chi connectivity index (χ4v) is 1.48. The van der Waals surface area contributed by atoms with Gasteiger partial charge in [-0.3, -0.25) is 0 Å². The molecule has 1 N–H and O–H groups in total. The minimum Gasteiger partial charge on any atom is -0.393 e. The Morgan fingerprint density at radius 3 is 2.92 bits per heavy atom. The van der Waals surface area contributed by atoms with Gasteiger partial charge in [0.15, 0.2) is 5.82 Å². The molecular formula is C7H14N4OS. The zero-order valence-electron chi connectivity index (χ0n) is 7.84. The molecule has 1 heterocycles. The second kappa shape index (κ2) is 5.18. The SMILES string of the molecule is CSCCC(O)Cc1nnn(C)n1. The summed E-state index contributed by atoms with van der Waals surface area (Å²) in [4.78, 5) is 1.40. The van der Waals surface area contributed by atoms with Crippen molar-refractivity contribution in [2.75, 3.05) is 12.0 Å². The van der Waals surface area contributed by atoms with E-state index in [1.54, 1.807) is 18.8 Å². The van der Waals surface area contributed by atoms with Crippen LogP contribution in [0.2, 0.25) is 0 Å². The summed E-state index contributed by atoms with van der Waals surface area (Å²) in [5.41, 5.74) is 0. The molecule has 1 rings (SSSR count). The summed E-state index contributed by atoms with van der Waals surface area (Å²) in [5.74, 6) is 1.57. The molecule has 0 aliphatic rings. The first-order chi connectivity index (χ1) is 6.22. The first-order valence-electron chi connectivity index (χ1n) is 4.12. The molecule has 0 aliphatic heterocycles. The quantitative estimate of drug-likeness (QED) is 0.720. The summed E-state index contributed by atoms with van der Waals surface area (Å²) in [6.45, 7) is 0. The monoisotopic (exact) mass is 202 g/mol. The lowest BCUT2D eigenvalue weighted by Crippen LogP contribution is -2.12. The van der Waals surface area contributed by atoms with Gasteiger partial charge in [-0.1, -0.05) is 0 Å². The van der Waals surface area contributed by atoms with Gasteiger partial charge in [0, 0.05) is 6.42 Å². The molecule has 1 aromatic heterocycles. The van der Waals surface area contributed by atoms with Crippen LogP contribution in [0.5, 0.6) is 0 Å². The number of tetrazole rings is 1.